The molecule has 96 valence electrons. The molecule has 1 rings (SSSR count). The number of likely N-dealkylation sites (N-methyl/N-ethyl adjacent to an activating group) is 1. The molecule has 0 amide bonds. The van der Waals surface area contributed by atoms with Crippen LogP contribution in [0.1, 0.15) is 0 Å². The van der Waals surface area contributed by atoms with Crippen molar-refractivity contribution in [2.75, 3.05) is 39.6 Å². The van der Waals surface area contributed by atoms with Crippen molar-refractivity contribution in [1.82, 2.24) is 4.90 Å². The summed E-state index contributed by atoms with van der Waals surface area (Å²) in [7, 11) is 5.25. The summed E-state index contributed by atoms with van der Waals surface area (Å²) in [4.78, 5) is 1.89. The number of methoxy groups -OCH3 is 1. The highest BCUT2D eigenvalue weighted by Gasteiger charge is 2.06. The van der Waals surface area contributed by atoms with Crippen molar-refractivity contribution in [2.24, 2.45) is 0 Å². The molecule has 0 aliphatic rings. The fraction of sp³-hybridized carbons (Fsp3) is 0.500. The maximum atomic E-state index is 13.2. The van der Waals surface area contributed by atoms with Gasteiger partial charge >= 0.3 is 0 Å². The third-order valence-electron chi connectivity index (χ3n) is 2.22. The van der Waals surface area contributed by atoms with Gasteiger partial charge in [0.05, 0.1) is 13.2 Å². The Kier molecular flexibility index (Phi) is 5.18. The molecule has 0 fully saturated rings. The molecule has 1 unspecified atom stereocenters. The number of anilines is 1. The molecular weight excluding hydrogens is 223 g/mol. The van der Waals surface area contributed by atoms with E-state index in [1.165, 1.54) is 19.2 Å². The predicted molar refractivity (Wildman–Crippen MR) is 66.0 cm³/mol. The van der Waals surface area contributed by atoms with Crippen molar-refractivity contribution in [3.8, 4) is 5.75 Å². The monoisotopic (exact) mass is 242 g/mol. The second kappa shape index (κ2) is 6.42. The highest BCUT2D eigenvalue weighted by Crippen LogP contribution is 2.19. The maximum Gasteiger partial charge on any atom is 0.128 e. The Balaban J connectivity index is 2.54. The molecule has 5 heteroatoms. The topological polar surface area (TPSA) is 44.7 Å². The average Bonchev–Trinajstić information content (AvgIpc) is 2.24. The first-order chi connectivity index (χ1) is 8.01. The molecule has 0 spiro atoms. The zero-order chi connectivity index (χ0) is 12.8. The predicted octanol–water partition coefficient (Wildman–Crippen LogP) is 1.17. The Bertz CT molecular complexity index is 358. The van der Waals surface area contributed by atoms with Crippen molar-refractivity contribution >= 4 is 5.69 Å². The van der Waals surface area contributed by atoms with E-state index in [0.29, 0.717) is 24.5 Å². The smallest absolute Gasteiger partial charge is 0.128 e. The number of hydrogen-bond acceptors (Lipinski definition) is 4. The Labute approximate surface area is 101 Å². The van der Waals surface area contributed by atoms with E-state index in [-0.39, 0.29) is 5.82 Å². The van der Waals surface area contributed by atoms with E-state index in [2.05, 4.69) is 5.32 Å². The minimum Gasteiger partial charge on any atom is -0.497 e. The van der Waals surface area contributed by atoms with E-state index in [1.807, 2.05) is 19.0 Å². The van der Waals surface area contributed by atoms with Gasteiger partial charge in [-0.15, -0.1) is 0 Å². The largest absolute Gasteiger partial charge is 0.497 e. The fourth-order valence-corrected chi connectivity index (χ4v) is 1.50. The molecule has 1 aromatic rings. The van der Waals surface area contributed by atoms with Crippen LogP contribution in [-0.4, -0.2) is 50.4 Å². The summed E-state index contributed by atoms with van der Waals surface area (Å²) in [5, 5.41) is 12.6. The van der Waals surface area contributed by atoms with Gasteiger partial charge in [-0.05, 0) is 20.2 Å². The molecule has 1 atom stereocenters. The molecule has 17 heavy (non-hydrogen) atoms. The Morgan fingerprint density at radius 3 is 2.71 bits per heavy atom. The third kappa shape index (κ3) is 5.01. The van der Waals surface area contributed by atoms with Gasteiger partial charge in [0.1, 0.15) is 11.6 Å². The Morgan fingerprint density at radius 1 is 1.41 bits per heavy atom. The first kappa shape index (κ1) is 13.7. The number of halogens is 1. The minimum atomic E-state index is -0.501. The third-order valence-corrected chi connectivity index (χ3v) is 2.22. The minimum absolute atomic E-state index is 0.366. The quantitative estimate of drug-likeness (QED) is 0.786. The van der Waals surface area contributed by atoms with Crippen LogP contribution in [0.25, 0.3) is 0 Å². The Hall–Kier alpha value is -1.33. The standard InChI is InChI=1S/C12H19FN2O2/c1-15(2)8-11(16)7-14-10-4-9(13)5-12(6-10)17-3/h4-6,11,14,16H,7-8H2,1-3H3. The van der Waals surface area contributed by atoms with Gasteiger partial charge in [0.25, 0.3) is 0 Å². The van der Waals surface area contributed by atoms with Crippen LogP contribution in [0.5, 0.6) is 5.75 Å². The highest BCUT2D eigenvalue weighted by atomic mass is 19.1. The normalized spacial score (nSPS) is 12.6. The van der Waals surface area contributed by atoms with E-state index in [1.54, 1.807) is 6.07 Å². The number of ether oxygens (including phenoxy) is 1. The summed E-state index contributed by atoms with van der Waals surface area (Å²) in [6, 6.07) is 4.36. The van der Waals surface area contributed by atoms with Gasteiger partial charge in [-0.3, -0.25) is 0 Å². The summed E-state index contributed by atoms with van der Waals surface area (Å²) < 4.78 is 18.1. The van der Waals surface area contributed by atoms with Crippen LogP contribution < -0.4 is 10.1 Å². The lowest BCUT2D eigenvalue weighted by Crippen LogP contribution is -2.31. The van der Waals surface area contributed by atoms with Crippen molar-refractivity contribution < 1.29 is 14.2 Å². The van der Waals surface area contributed by atoms with Gasteiger partial charge in [0.2, 0.25) is 0 Å². The summed E-state index contributed by atoms with van der Waals surface area (Å²) >= 11 is 0. The van der Waals surface area contributed by atoms with Crippen LogP contribution in [0.15, 0.2) is 18.2 Å². The molecule has 0 bridgehead atoms. The second-order valence-corrected chi connectivity index (χ2v) is 4.18. The molecule has 0 aromatic heterocycles. The molecule has 0 saturated heterocycles. The van der Waals surface area contributed by atoms with E-state index < -0.39 is 6.10 Å². The van der Waals surface area contributed by atoms with Crippen LogP contribution in [-0.2, 0) is 0 Å². The van der Waals surface area contributed by atoms with Gasteiger partial charge in [0.15, 0.2) is 0 Å². The first-order valence-electron chi connectivity index (χ1n) is 5.42. The van der Waals surface area contributed by atoms with Crippen molar-refractivity contribution in [1.29, 1.82) is 0 Å². The Morgan fingerprint density at radius 2 is 2.12 bits per heavy atom. The van der Waals surface area contributed by atoms with Crippen LogP contribution >= 0.6 is 0 Å². The summed E-state index contributed by atoms with van der Waals surface area (Å²) in [6.07, 6.45) is -0.501. The SMILES string of the molecule is COc1cc(F)cc(NCC(O)CN(C)C)c1. The maximum absolute atomic E-state index is 13.2. The van der Waals surface area contributed by atoms with Crippen molar-refractivity contribution in [3.63, 3.8) is 0 Å². The van der Waals surface area contributed by atoms with E-state index in [4.69, 9.17) is 4.74 Å². The number of aliphatic hydroxyl groups excluding tert-OH is 1. The van der Waals surface area contributed by atoms with Gasteiger partial charge in [-0.1, -0.05) is 0 Å². The molecule has 0 saturated carbocycles. The molecule has 0 heterocycles. The lowest BCUT2D eigenvalue weighted by molar-refractivity contribution is 0.148. The second-order valence-electron chi connectivity index (χ2n) is 4.18. The van der Waals surface area contributed by atoms with E-state index in [9.17, 15) is 9.50 Å². The number of nitrogens with zero attached hydrogens (tertiary/aromatic N) is 1. The molecular formula is C12H19FN2O2. The van der Waals surface area contributed by atoms with Crippen molar-refractivity contribution in [3.05, 3.63) is 24.0 Å². The van der Waals surface area contributed by atoms with Gasteiger partial charge in [0, 0.05) is 30.9 Å². The zero-order valence-corrected chi connectivity index (χ0v) is 10.4. The van der Waals surface area contributed by atoms with Crippen molar-refractivity contribution in [2.45, 2.75) is 6.10 Å². The van der Waals surface area contributed by atoms with E-state index in [0.717, 1.165) is 0 Å². The van der Waals surface area contributed by atoms with Crippen LogP contribution in [0.2, 0.25) is 0 Å². The summed E-state index contributed by atoms with van der Waals surface area (Å²) in [5.41, 5.74) is 0.597. The molecule has 2 N–H and O–H groups in total. The van der Waals surface area contributed by atoms with Gasteiger partial charge in [-0.2, -0.15) is 0 Å². The number of rotatable bonds is 6. The molecule has 1 aromatic carbocycles. The molecule has 0 aliphatic carbocycles. The highest BCUT2D eigenvalue weighted by molar-refractivity contribution is 5.48. The average molecular weight is 242 g/mol. The van der Waals surface area contributed by atoms with Gasteiger partial charge in [-0.25, -0.2) is 4.39 Å². The number of aliphatic hydroxyl groups is 1. The molecule has 4 nitrogen and oxygen atoms in total. The van der Waals surface area contributed by atoms with E-state index >= 15 is 0 Å². The van der Waals surface area contributed by atoms with Crippen LogP contribution in [0.4, 0.5) is 10.1 Å². The fourth-order valence-electron chi connectivity index (χ4n) is 1.50. The number of benzene rings is 1. The molecule has 0 radical (unpaired) electrons. The number of nitrogens with one attached hydrogen (secondary N) is 1. The van der Waals surface area contributed by atoms with Crippen LogP contribution in [0, 0.1) is 5.82 Å². The summed E-state index contributed by atoms with van der Waals surface area (Å²) in [5.74, 6) is 0.0866. The molecule has 0 aliphatic heterocycles. The lowest BCUT2D eigenvalue weighted by Gasteiger charge is -2.17. The number of hydrogen-bond donors (Lipinski definition) is 2. The lowest BCUT2D eigenvalue weighted by atomic mass is 10.2. The first-order valence-corrected chi connectivity index (χ1v) is 5.42. The summed E-state index contributed by atoms with van der Waals surface area (Å²) in [6.45, 7) is 0.921. The zero-order valence-electron chi connectivity index (χ0n) is 10.4. The van der Waals surface area contributed by atoms with Crippen LogP contribution in [0.3, 0.4) is 0 Å². The van der Waals surface area contributed by atoms with Gasteiger partial charge < -0.3 is 20.1 Å².